The highest BCUT2D eigenvalue weighted by Gasteiger charge is 2.47. The summed E-state index contributed by atoms with van der Waals surface area (Å²) in [6, 6.07) is 7.43. The molecule has 1 fully saturated rings. The average Bonchev–Trinajstić information content (AvgIpc) is 2.38. The highest BCUT2D eigenvalue weighted by molar-refractivity contribution is 7.80. The van der Waals surface area contributed by atoms with E-state index in [2.05, 4.69) is 10.6 Å². The fourth-order valence-corrected chi connectivity index (χ4v) is 2.76. The van der Waals surface area contributed by atoms with Crippen LogP contribution in [0.25, 0.3) is 0 Å². The minimum atomic E-state index is -0.479. The van der Waals surface area contributed by atoms with Crippen LogP contribution in [-0.2, 0) is 9.53 Å². The van der Waals surface area contributed by atoms with Gasteiger partial charge < -0.3 is 20.1 Å². The van der Waals surface area contributed by atoms with Crippen LogP contribution < -0.4 is 15.4 Å². The number of thiocarbonyl (C=S) groups is 1. The highest BCUT2D eigenvalue weighted by atomic mass is 32.1. The van der Waals surface area contributed by atoms with Gasteiger partial charge in [0.2, 0.25) is 0 Å². The van der Waals surface area contributed by atoms with E-state index in [0.29, 0.717) is 11.7 Å². The number of carbonyl (C=O) groups excluding carboxylic acids is 1. The third-order valence-corrected chi connectivity index (χ3v) is 3.55. The number of benzene rings is 1. The molecule has 2 aliphatic rings. The zero-order chi connectivity index (χ0) is 13.4. The molecule has 0 aliphatic carbocycles. The Bertz CT molecular complexity index is 534. The molecule has 1 aromatic rings. The van der Waals surface area contributed by atoms with Crippen LogP contribution in [0, 0.1) is 5.92 Å². The summed E-state index contributed by atoms with van der Waals surface area (Å²) >= 11 is 5.14. The van der Waals surface area contributed by atoms with Crippen molar-refractivity contribution in [3.8, 4) is 5.75 Å². The molecule has 100 valence electrons. The van der Waals surface area contributed by atoms with E-state index in [4.69, 9.17) is 21.7 Å². The first-order valence-corrected chi connectivity index (χ1v) is 6.60. The van der Waals surface area contributed by atoms with Gasteiger partial charge >= 0.3 is 5.97 Å². The summed E-state index contributed by atoms with van der Waals surface area (Å²) in [6.07, 6.45) is -0.479. The van der Waals surface area contributed by atoms with E-state index < -0.39 is 12.1 Å². The van der Waals surface area contributed by atoms with Crippen LogP contribution in [0.5, 0.6) is 5.75 Å². The Balaban J connectivity index is 2.00. The molecule has 0 aromatic heterocycles. The summed E-state index contributed by atoms with van der Waals surface area (Å²) in [4.78, 5) is 12.1. The van der Waals surface area contributed by atoms with Crippen LogP contribution in [0.1, 0.15) is 18.5 Å². The molecule has 3 rings (SSSR count). The molecule has 0 unspecified atom stereocenters. The van der Waals surface area contributed by atoms with Crippen LogP contribution in [0.3, 0.4) is 0 Å². The maximum Gasteiger partial charge on any atom is 0.317 e. The molecule has 2 heterocycles. The lowest BCUT2D eigenvalue weighted by Crippen LogP contribution is -2.62. The van der Waals surface area contributed by atoms with Crippen LogP contribution in [0.2, 0.25) is 0 Å². The third kappa shape index (κ3) is 2.02. The maximum absolute atomic E-state index is 12.1. The van der Waals surface area contributed by atoms with Gasteiger partial charge in [-0.25, -0.2) is 0 Å². The third-order valence-electron chi connectivity index (χ3n) is 3.31. The SMILES string of the molecule is CCOC(=O)[C@H]1[C@H]2NC(=S)N[C@H]1c1ccccc1O2. The normalized spacial score (nSPS) is 27.4. The molecular weight excluding hydrogens is 264 g/mol. The Kier molecular flexibility index (Phi) is 3.02. The number of hydrogen-bond acceptors (Lipinski definition) is 4. The number of fused-ring (bicyclic) bond motifs is 4. The summed E-state index contributed by atoms with van der Waals surface area (Å²) < 4.78 is 10.9. The molecule has 1 aromatic carbocycles. The zero-order valence-corrected chi connectivity index (χ0v) is 11.2. The quantitative estimate of drug-likeness (QED) is 0.624. The van der Waals surface area contributed by atoms with Gasteiger partial charge in [0.05, 0.1) is 12.6 Å². The molecule has 1 saturated heterocycles. The van der Waals surface area contributed by atoms with Gasteiger partial charge in [0.25, 0.3) is 0 Å². The summed E-state index contributed by atoms with van der Waals surface area (Å²) in [7, 11) is 0. The number of esters is 1. The van der Waals surface area contributed by atoms with E-state index in [0.717, 1.165) is 11.3 Å². The largest absolute Gasteiger partial charge is 0.469 e. The molecule has 3 atom stereocenters. The number of nitrogens with one attached hydrogen (secondary N) is 2. The van der Waals surface area contributed by atoms with E-state index >= 15 is 0 Å². The Morgan fingerprint density at radius 2 is 2.21 bits per heavy atom. The number of para-hydroxylation sites is 1. The fraction of sp³-hybridized carbons (Fsp3) is 0.385. The summed E-state index contributed by atoms with van der Waals surface area (Å²) in [5, 5.41) is 6.60. The zero-order valence-electron chi connectivity index (χ0n) is 10.4. The lowest BCUT2D eigenvalue weighted by atomic mass is 9.87. The number of hydrogen-bond donors (Lipinski definition) is 2. The fourth-order valence-electron chi connectivity index (χ4n) is 2.52. The van der Waals surface area contributed by atoms with Crippen molar-refractivity contribution >= 4 is 23.3 Å². The van der Waals surface area contributed by atoms with Gasteiger partial charge in [0.15, 0.2) is 11.3 Å². The molecule has 0 saturated carbocycles. The van der Waals surface area contributed by atoms with Crippen LogP contribution >= 0.6 is 12.2 Å². The van der Waals surface area contributed by atoms with Gasteiger partial charge in [-0.3, -0.25) is 4.79 Å². The van der Waals surface area contributed by atoms with E-state index in [1.807, 2.05) is 24.3 Å². The molecule has 0 radical (unpaired) electrons. The molecule has 6 heteroatoms. The topological polar surface area (TPSA) is 59.6 Å². The lowest BCUT2D eigenvalue weighted by molar-refractivity contribution is -0.154. The molecule has 2 N–H and O–H groups in total. The van der Waals surface area contributed by atoms with Gasteiger partial charge in [0.1, 0.15) is 11.7 Å². The van der Waals surface area contributed by atoms with Crippen molar-refractivity contribution in [1.82, 2.24) is 10.6 Å². The van der Waals surface area contributed by atoms with Crippen molar-refractivity contribution in [1.29, 1.82) is 0 Å². The number of ether oxygens (including phenoxy) is 2. The molecule has 19 heavy (non-hydrogen) atoms. The smallest absolute Gasteiger partial charge is 0.317 e. The Morgan fingerprint density at radius 3 is 3.00 bits per heavy atom. The molecular formula is C13H14N2O3S. The van der Waals surface area contributed by atoms with Crippen molar-refractivity contribution in [3.63, 3.8) is 0 Å². The molecule has 5 nitrogen and oxygen atoms in total. The Hall–Kier alpha value is -1.82. The second-order valence-corrected chi connectivity index (χ2v) is 4.86. The first-order chi connectivity index (χ1) is 9.20. The van der Waals surface area contributed by atoms with E-state index in [1.54, 1.807) is 6.92 Å². The van der Waals surface area contributed by atoms with E-state index in [-0.39, 0.29) is 12.0 Å². The first kappa shape index (κ1) is 12.2. The standard InChI is InChI=1S/C13H14N2O3S/c1-2-17-12(16)9-10-7-5-3-4-6-8(7)18-11(9)15-13(19)14-10/h3-6,9-11H,2H2,1H3,(H2,14,15,19)/t9-,10+,11+/m1/s1. The second kappa shape index (κ2) is 4.70. The monoisotopic (exact) mass is 278 g/mol. The Morgan fingerprint density at radius 1 is 1.42 bits per heavy atom. The summed E-state index contributed by atoms with van der Waals surface area (Å²) in [6.45, 7) is 2.14. The predicted octanol–water partition coefficient (Wildman–Crippen LogP) is 1.10. The van der Waals surface area contributed by atoms with Crippen LogP contribution in [0.15, 0.2) is 24.3 Å². The van der Waals surface area contributed by atoms with Gasteiger partial charge in [-0.2, -0.15) is 0 Å². The van der Waals surface area contributed by atoms with E-state index in [9.17, 15) is 4.79 Å². The van der Waals surface area contributed by atoms with Crippen molar-refractivity contribution < 1.29 is 14.3 Å². The molecule has 2 bridgehead atoms. The van der Waals surface area contributed by atoms with Gasteiger partial charge in [-0.15, -0.1) is 0 Å². The van der Waals surface area contributed by atoms with Gasteiger partial charge in [-0.1, -0.05) is 18.2 Å². The van der Waals surface area contributed by atoms with Crippen molar-refractivity contribution in [2.24, 2.45) is 5.92 Å². The van der Waals surface area contributed by atoms with Crippen LogP contribution in [-0.4, -0.2) is 23.9 Å². The minimum Gasteiger partial charge on any atom is -0.469 e. The molecule has 0 amide bonds. The second-order valence-electron chi connectivity index (χ2n) is 4.45. The van der Waals surface area contributed by atoms with E-state index in [1.165, 1.54) is 0 Å². The molecule has 2 aliphatic heterocycles. The van der Waals surface area contributed by atoms with Gasteiger partial charge in [-0.05, 0) is 25.2 Å². The summed E-state index contributed by atoms with van der Waals surface area (Å²) in [5.74, 6) is 0.0385. The van der Waals surface area contributed by atoms with Crippen molar-refractivity contribution in [2.75, 3.05) is 6.61 Å². The van der Waals surface area contributed by atoms with Crippen LogP contribution in [0.4, 0.5) is 0 Å². The lowest BCUT2D eigenvalue weighted by Gasteiger charge is -2.43. The average molecular weight is 278 g/mol. The summed E-state index contributed by atoms with van der Waals surface area (Å²) in [5.41, 5.74) is 0.931. The predicted molar refractivity (Wildman–Crippen MR) is 72.6 cm³/mol. The molecule has 0 spiro atoms. The number of rotatable bonds is 2. The highest BCUT2D eigenvalue weighted by Crippen LogP contribution is 2.40. The minimum absolute atomic E-state index is 0.206. The Labute approximate surface area is 116 Å². The maximum atomic E-state index is 12.1. The van der Waals surface area contributed by atoms with Crippen molar-refractivity contribution in [3.05, 3.63) is 29.8 Å². The van der Waals surface area contributed by atoms with Crippen molar-refractivity contribution in [2.45, 2.75) is 19.2 Å². The van der Waals surface area contributed by atoms with Gasteiger partial charge in [0, 0.05) is 5.56 Å². The number of carbonyl (C=O) groups is 1. The first-order valence-electron chi connectivity index (χ1n) is 6.20.